The topological polar surface area (TPSA) is 51.2 Å². The molecule has 0 aromatic carbocycles. The highest BCUT2D eigenvalue weighted by molar-refractivity contribution is 7.11. The standard InChI is InChI=1S/C8H9F3N2O2S/c1-5-12-2-6(16-5)3-13-7(14)15-4-8(9,10)11/h2H,3-4H2,1H3,(H,13,14). The molecule has 90 valence electrons. The molecule has 0 aliphatic heterocycles. The number of carbonyl (C=O) groups excluding carboxylic acids is 1. The number of alkyl halides is 3. The van der Waals surface area contributed by atoms with Crippen LogP contribution in [0.4, 0.5) is 18.0 Å². The number of rotatable bonds is 3. The minimum absolute atomic E-state index is 0.113. The Balaban J connectivity index is 2.25. The Morgan fingerprint density at radius 1 is 1.62 bits per heavy atom. The van der Waals surface area contributed by atoms with Crippen LogP contribution in [0.15, 0.2) is 6.20 Å². The molecule has 4 nitrogen and oxygen atoms in total. The van der Waals surface area contributed by atoms with Gasteiger partial charge in [0.15, 0.2) is 6.61 Å². The molecule has 8 heteroatoms. The maximum atomic E-state index is 11.7. The van der Waals surface area contributed by atoms with Gasteiger partial charge in [0, 0.05) is 11.1 Å². The Kier molecular flexibility index (Phi) is 4.11. The van der Waals surface area contributed by atoms with Gasteiger partial charge in [-0.1, -0.05) is 0 Å². The summed E-state index contributed by atoms with van der Waals surface area (Å²) in [5, 5.41) is 3.01. The maximum absolute atomic E-state index is 11.7. The first-order chi connectivity index (χ1) is 7.37. The molecular formula is C8H9F3N2O2S. The van der Waals surface area contributed by atoms with Gasteiger partial charge in [-0.3, -0.25) is 0 Å². The Morgan fingerprint density at radius 2 is 2.31 bits per heavy atom. The van der Waals surface area contributed by atoms with Crippen molar-refractivity contribution in [2.45, 2.75) is 19.6 Å². The van der Waals surface area contributed by atoms with Crippen molar-refractivity contribution < 1.29 is 22.7 Å². The molecule has 0 fully saturated rings. The normalized spacial score (nSPS) is 11.2. The molecule has 16 heavy (non-hydrogen) atoms. The lowest BCUT2D eigenvalue weighted by Gasteiger charge is -2.08. The first-order valence-electron chi connectivity index (χ1n) is 4.25. The lowest BCUT2D eigenvalue weighted by Crippen LogP contribution is -2.28. The Bertz CT molecular complexity index is 364. The van der Waals surface area contributed by atoms with E-state index in [-0.39, 0.29) is 6.54 Å². The molecule has 0 aliphatic carbocycles. The van der Waals surface area contributed by atoms with E-state index in [0.717, 1.165) is 9.88 Å². The Morgan fingerprint density at radius 3 is 2.81 bits per heavy atom. The number of hydrogen-bond acceptors (Lipinski definition) is 4. The molecule has 1 amide bonds. The fourth-order valence-electron chi connectivity index (χ4n) is 0.845. The van der Waals surface area contributed by atoms with Gasteiger partial charge >= 0.3 is 12.3 Å². The first-order valence-corrected chi connectivity index (χ1v) is 5.07. The van der Waals surface area contributed by atoms with Crippen molar-refractivity contribution in [3.05, 3.63) is 16.1 Å². The fraction of sp³-hybridized carbons (Fsp3) is 0.500. The quantitative estimate of drug-likeness (QED) is 0.900. The third-order valence-corrected chi connectivity index (χ3v) is 2.36. The van der Waals surface area contributed by atoms with Crippen LogP contribution in [0.3, 0.4) is 0 Å². The lowest BCUT2D eigenvalue weighted by atomic mass is 10.5. The van der Waals surface area contributed by atoms with E-state index in [4.69, 9.17) is 0 Å². The van der Waals surface area contributed by atoms with Gasteiger partial charge < -0.3 is 10.1 Å². The number of alkyl carbamates (subject to hydrolysis) is 1. The van der Waals surface area contributed by atoms with Crippen LogP contribution < -0.4 is 5.32 Å². The predicted molar refractivity (Wildman–Crippen MR) is 51.1 cm³/mol. The smallest absolute Gasteiger partial charge is 0.422 e. The van der Waals surface area contributed by atoms with E-state index >= 15 is 0 Å². The highest BCUT2D eigenvalue weighted by Gasteiger charge is 2.29. The van der Waals surface area contributed by atoms with Crippen LogP contribution in [0.2, 0.25) is 0 Å². The lowest BCUT2D eigenvalue weighted by molar-refractivity contribution is -0.160. The predicted octanol–water partition coefficient (Wildman–Crippen LogP) is 2.24. The molecule has 1 rings (SSSR count). The molecule has 1 heterocycles. The molecule has 0 bridgehead atoms. The number of carbonyl (C=O) groups is 1. The van der Waals surface area contributed by atoms with Crippen LogP contribution >= 0.6 is 11.3 Å². The monoisotopic (exact) mass is 254 g/mol. The number of ether oxygens (including phenoxy) is 1. The molecule has 0 saturated heterocycles. The van der Waals surface area contributed by atoms with Gasteiger partial charge in [-0.15, -0.1) is 11.3 Å². The average Bonchev–Trinajstić information content (AvgIpc) is 2.57. The van der Waals surface area contributed by atoms with Gasteiger partial charge in [0.2, 0.25) is 0 Å². The Hall–Kier alpha value is -1.31. The molecule has 1 aromatic rings. The summed E-state index contributed by atoms with van der Waals surface area (Å²) in [4.78, 5) is 15.5. The van der Waals surface area contributed by atoms with Gasteiger partial charge in [0.25, 0.3) is 0 Å². The number of amides is 1. The van der Waals surface area contributed by atoms with Gasteiger partial charge in [-0.2, -0.15) is 13.2 Å². The molecule has 0 radical (unpaired) electrons. The molecule has 0 saturated carbocycles. The van der Waals surface area contributed by atoms with E-state index in [2.05, 4.69) is 15.0 Å². The van der Waals surface area contributed by atoms with E-state index in [0.29, 0.717) is 0 Å². The number of halogens is 3. The fourth-order valence-corrected chi connectivity index (χ4v) is 1.58. The largest absolute Gasteiger partial charge is 0.440 e. The molecular weight excluding hydrogens is 245 g/mol. The maximum Gasteiger partial charge on any atom is 0.422 e. The zero-order chi connectivity index (χ0) is 12.2. The second kappa shape index (κ2) is 5.15. The minimum Gasteiger partial charge on any atom is -0.440 e. The van der Waals surface area contributed by atoms with Crippen molar-refractivity contribution in [2.75, 3.05) is 6.61 Å². The van der Waals surface area contributed by atoms with Gasteiger partial charge in [-0.25, -0.2) is 9.78 Å². The van der Waals surface area contributed by atoms with E-state index in [1.807, 2.05) is 0 Å². The molecule has 0 unspecified atom stereocenters. The van der Waals surface area contributed by atoms with Crippen LogP contribution in [0, 0.1) is 6.92 Å². The average molecular weight is 254 g/mol. The Labute approximate surface area is 93.4 Å². The number of nitrogens with zero attached hydrogens (tertiary/aromatic N) is 1. The van der Waals surface area contributed by atoms with Crippen molar-refractivity contribution in [1.82, 2.24) is 10.3 Å². The van der Waals surface area contributed by atoms with Crippen LogP contribution in [0.5, 0.6) is 0 Å². The van der Waals surface area contributed by atoms with Crippen molar-refractivity contribution in [3.63, 3.8) is 0 Å². The summed E-state index contributed by atoms with van der Waals surface area (Å²) in [6.45, 7) is 0.318. The minimum atomic E-state index is -4.50. The van der Waals surface area contributed by atoms with Crippen LogP contribution in [0.25, 0.3) is 0 Å². The van der Waals surface area contributed by atoms with E-state index < -0.39 is 18.9 Å². The van der Waals surface area contributed by atoms with Gasteiger partial charge in [-0.05, 0) is 6.92 Å². The number of nitrogens with one attached hydrogen (secondary N) is 1. The highest BCUT2D eigenvalue weighted by Crippen LogP contribution is 2.14. The number of hydrogen-bond donors (Lipinski definition) is 1. The highest BCUT2D eigenvalue weighted by atomic mass is 32.1. The summed E-state index contributed by atoms with van der Waals surface area (Å²) < 4.78 is 39.0. The van der Waals surface area contributed by atoms with Crippen molar-refractivity contribution in [3.8, 4) is 0 Å². The van der Waals surface area contributed by atoms with Crippen LogP contribution in [-0.4, -0.2) is 23.9 Å². The van der Waals surface area contributed by atoms with E-state index in [9.17, 15) is 18.0 Å². The molecule has 0 spiro atoms. The number of aromatic nitrogens is 1. The van der Waals surface area contributed by atoms with Crippen LogP contribution in [-0.2, 0) is 11.3 Å². The SMILES string of the molecule is Cc1ncc(CNC(=O)OCC(F)(F)F)s1. The summed E-state index contributed by atoms with van der Waals surface area (Å²) in [5.74, 6) is 0. The zero-order valence-corrected chi connectivity index (χ0v) is 9.11. The third-order valence-electron chi connectivity index (χ3n) is 1.44. The van der Waals surface area contributed by atoms with Crippen LogP contribution in [0.1, 0.15) is 9.88 Å². The summed E-state index contributed by atoms with van der Waals surface area (Å²) in [6, 6.07) is 0. The van der Waals surface area contributed by atoms with Crippen molar-refractivity contribution in [2.24, 2.45) is 0 Å². The number of aryl methyl sites for hydroxylation is 1. The summed E-state index contributed by atoms with van der Waals surface area (Å²) in [6.07, 6.45) is -4.05. The number of thiazole rings is 1. The molecule has 1 N–H and O–H groups in total. The van der Waals surface area contributed by atoms with Crippen molar-refractivity contribution >= 4 is 17.4 Å². The molecule has 0 atom stereocenters. The van der Waals surface area contributed by atoms with E-state index in [1.54, 1.807) is 13.1 Å². The summed E-state index contributed by atoms with van der Waals surface area (Å²) >= 11 is 1.35. The van der Waals surface area contributed by atoms with Gasteiger partial charge in [0.1, 0.15) is 0 Å². The van der Waals surface area contributed by atoms with E-state index in [1.165, 1.54) is 11.3 Å². The van der Waals surface area contributed by atoms with Gasteiger partial charge in [0.05, 0.1) is 11.6 Å². The molecule has 0 aliphatic rings. The third kappa shape index (κ3) is 4.96. The molecule has 1 aromatic heterocycles. The second-order valence-electron chi connectivity index (χ2n) is 2.89. The summed E-state index contributed by atoms with van der Waals surface area (Å²) in [5.41, 5.74) is 0. The van der Waals surface area contributed by atoms with Crippen molar-refractivity contribution in [1.29, 1.82) is 0 Å². The second-order valence-corrected chi connectivity index (χ2v) is 4.21. The summed E-state index contributed by atoms with van der Waals surface area (Å²) in [7, 11) is 0. The first kappa shape index (κ1) is 12.8. The zero-order valence-electron chi connectivity index (χ0n) is 8.30.